The Morgan fingerprint density at radius 2 is 1.27 bits per heavy atom. The maximum atomic E-state index is 12.2. The highest BCUT2D eigenvalue weighted by molar-refractivity contribution is 14.1. The molecule has 0 aliphatic rings. The first-order chi connectivity index (χ1) is 14.7. The zero-order valence-corrected chi connectivity index (χ0v) is 21.7. The number of carbonyl (C=O) groups is 1. The third-order valence-electron chi connectivity index (χ3n) is 5.57. The maximum Gasteiger partial charge on any atom is 0.252 e. The Morgan fingerprint density at radius 1 is 0.800 bits per heavy atom. The number of unbranched alkanes of at least 4 members (excludes halogenated alkanes) is 15. The van der Waals surface area contributed by atoms with Gasteiger partial charge in [0.25, 0.3) is 5.91 Å². The zero-order valence-electron chi connectivity index (χ0n) is 18.8. The Bertz CT molecular complexity index is 595. The fraction of sp³-hybridized carbons (Fsp3) is 0.720. The SMILES string of the molecule is CCCCCCCCCCCCCCCCCCNC(=O)c1cc(Cl)ccc1I=O. The van der Waals surface area contributed by atoms with Gasteiger partial charge in [-0.15, -0.1) is 0 Å². The lowest BCUT2D eigenvalue weighted by Crippen LogP contribution is -2.25. The van der Waals surface area contributed by atoms with Crippen LogP contribution in [0.3, 0.4) is 0 Å². The lowest BCUT2D eigenvalue weighted by Gasteiger charge is -2.07. The van der Waals surface area contributed by atoms with E-state index in [9.17, 15) is 7.86 Å². The minimum absolute atomic E-state index is 0.163. The minimum Gasteiger partial charge on any atom is -0.352 e. The second-order valence-corrected chi connectivity index (χ2v) is 10.3. The van der Waals surface area contributed by atoms with Crippen LogP contribution in [0.15, 0.2) is 18.2 Å². The molecule has 1 aromatic rings. The molecule has 0 atom stereocenters. The first-order valence-electron chi connectivity index (χ1n) is 12.0. The lowest BCUT2D eigenvalue weighted by molar-refractivity contribution is 0.0952. The standard InChI is InChI=1S/C25H41ClINO2/c1-2-3-4-5-6-7-8-9-10-11-12-13-14-15-16-17-20-28-25(29)23-21-22(26)18-19-24(23)27-30/h18-19,21H,2-17,20H2,1H3,(H,28,29). The summed E-state index contributed by atoms with van der Waals surface area (Å²) in [5.74, 6) is -0.163. The van der Waals surface area contributed by atoms with Crippen molar-refractivity contribution in [3.63, 3.8) is 0 Å². The van der Waals surface area contributed by atoms with E-state index >= 15 is 0 Å². The van der Waals surface area contributed by atoms with Gasteiger partial charge in [0.2, 0.25) is 0 Å². The summed E-state index contributed by atoms with van der Waals surface area (Å²) in [4.78, 5) is 12.2. The Hall–Kier alpha value is -0.490. The molecule has 0 aliphatic heterocycles. The van der Waals surface area contributed by atoms with E-state index < -0.39 is 21.2 Å². The highest BCUT2D eigenvalue weighted by atomic mass is 127. The number of halogens is 2. The van der Waals surface area contributed by atoms with Gasteiger partial charge in [0, 0.05) is 11.6 Å². The first kappa shape index (κ1) is 27.5. The summed E-state index contributed by atoms with van der Waals surface area (Å²) in [5.41, 5.74) is 0.460. The van der Waals surface area contributed by atoms with Crippen LogP contribution in [0.1, 0.15) is 120 Å². The molecule has 0 fully saturated rings. The summed E-state index contributed by atoms with van der Waals surface area (Å²) in [6.45, 7) is 2.94. The zero-order chi connectivity index (χ0) is 21.9. The quantitative estimate of drug-likeness (QED) is 0.138. The Kier molecular flexibility index (Phi) is 17.6. The van der Waals surface area contributed by atoms with Gasteiger partial charge in [-0.1, -0.05) is 115 Å². The van der Waals surface area contributed by atoms with E-state index in [4.69, 9.17) is 11.6 Å². The fourth-order valence-corrected chi connectivity index (χ4v) is 4.85. The molecular formula is C25H41ClINO2. The maximum absolute atomic E-state index is 12.2. The minimum atomic E-state index is -1.37. The molecule has 0 saturated carbocycles. The molecule has 0 aliphatic carbocycles. The molecule has 3 nitrogen and oxygen atoms in total. The van der Waals surface area contributed by atoms with E-state index in [1.54, 1.807) is 18.2 Å². The van der Waals surface area contributed by atoms with E-state index in [2.05, 4.69) is 12.2 Å². The number of nitrogens with one attached hydrogen (secondary N) is 1. The molecule has 0 unspecified atom stereocenters. The van der Waals surface area contributed by atoms with Gasteiger partial charge in [-0.05, 0) is 24.6 Å². The van der Waals surface area contributed by atoms with Crippen molar-refractivity contribution < 1.29 is 7.86 Å². The predicted molar refractivity (Wildman–Crippen MR) is 137 cm³/mol. The largest absolute Gasteiger partial charge is 0.352 e. The van der Waals surface area contributed by atoms with Crippen LogP contribution < -0.4 is 5.32 Å². The van der Waals surface area contributed by atoms with Gasteiger partial charge in [0.05, 0.1) is 9.13 Å². The van der Waals surface area contributed by atoms with Crippen LogP contribution in [0.2, 0.25) is 5.02 Å². The van der Waals surface area contributed by atoms with Crippen LogP contribution in [0.4, 0.5) is 0 Å². The van der Waals surface area contributed by atoms with E-state index in [0.717, 1.165) is 12.8 Å². The van der Waals surface area contributed by atoms with E-state index in [0.29, 0.717) is 20.7 Å². The molecule has 0 saturated heterocycles. The van der Waals surface area contributed by atoms with Crippen molar-refractivity contribution in [1.29, 1.82) is 0 Å². The van der Waals surface area contributed by atoms with Crippen LogP contribution in [-0.2, 0) is 3.07 Å². The van der Waals surface area contributed by atoms with Crippen LogP contribution >= 0.6 is 32.8 Å². The van der Waals surface area contributed by atoms with E-state index in [1.165, 1.54) is 89.9 Å². The number of amides is 1. The average Bonchev–Trinajstić information content (AvgIpc) is 2.75. The summed E-state index contributed by atoms with van der Waals surface area (Å²) < 4.78 is 11.9. The molecule has 1 aromatic carbocycles. The van der Waals surface area contributed by atoms with Crippen LogP contribution in [0.5, 0.6) is 0 Å². The van der Waals surface area contributed by atoms with Gasteiger partial charge in [0.1, 0.15) is 0 Å². The number of carbonyl (C=O) groups excluding carboxylic acids is 1. The summed E-state index contributed by atoms with van der Waals surface area (Å²) in [6.07, 6.45) is 21.5. The molecule has 0 bridgehead atoms. The monoisotopic (exact) mass is 549 g/mol. The van der Waals surface area contributed by atoms with Crippen molar-refractivity contribution in [2.24, 2.45) is 0 Å². The number of hydrogen-bond acceptors (Lipinski definition) is 2. The van der Waals surface area contributed by atoms with Crippen molar-refractivity contribution >= 4 is 38.7 Å². The molecule has 0 spiro atoms. The molecule has 0 heterocycles. The van der Waals surface area contributed by atoms with Gasteiger partial charge >= 0.3 is 0 Å². The third-order valence-corrected chi connectivity index (χ3v) is 7.22. The lowest BCUT2D eigenvalue weighted by atomic mass is 10.0. The molecular weight excluding hydrogens is 509 g/mol. The van der Waals surface area contributed by atoms with E-state index in [1.807, 2.05) is 0 Å². The molecule has 172 valence electrons. The Labute approximate surface area is 199 Å². The summed E-state index contributed by atoms with van der Waals surface area (Å²) in [7, 11) is 0. The Balaban J connectivity index is 1.89. The highest BCUT2D eigenvalue weighted by Gasteiger charge is 2.11. The van der Waals surface area contributed by atoms with Crippen molar-refractivity contribution in [2.75, 3.05) is 6.54 Å². The summed E-state index contributed by atoms with van der Waals surface area (Å²) in [5, 5.41) is 3.44. The molecule has 30 heavy (non-hydrogen) atoms. The summed E-state index contributed by atoms with van der Waals surface area (Å²) in [6, 6.07) is 4.98. The first-order valence-corrected chi connectivity index (χ1v) is 14.4. The topological polar surface area (TPSA) is 46.2 Å². The van der Waals surface area contributed by atoms with Crippen LogP contribution in [0, 0.1) is 3.57 Å². The molecule has 1 amide bonds. The molecule has 5 heteroatoms. The van der Waals surface area contributed by atoms with Crippen LogP contribution in [0.25, 0.3) is 0 Å². The highest BCUT2D eigenvalue weighted by Crippen LogP contribution is 2.20. The van der Waals surface area contributed by atoms with Crippen molar-refractivity contribution in [1.82, 2.24) is 5.32 Å². The second-order valence-electron chi connectivity index (χ2n) is 8.26. The number of rotatable bonds is 19. The fourth-order valence-electron chi connectivity index (χ4n) is 3.71. The van der Waals surface area contributed by atoms with Gasteiger partial charge in [-0.3, -0.25) is 7.86 Å². The smallest absolute Gasteiger partial charge is 0.252 e. The van der Waals surface area contributed by atoms with Crippen molar-refractivity contribution in [2.45, 2.75) is 110 Å². The number of hydrogen-bond donors (Lipinski definition) is 1. The van der Waals surface area contributed by atoms with Gasteiger partial charge in [-0.25, -0.2) is 0 Å². The van der Waals surface area contributed by atoms with E-state index in [-0.39, 0.29) is 5.91 Å². The third kappa shape index (κ3) is 13.7. The van der Waals surface area contributed by atoms with Gasteiger partial charge in [-0.2, -0.15) is 0 Å². The van der Waals surface area contributed by atoms with Gasteiger partial charge < -0.3 is 5.32 Å². The normalized spacial score (nSPS) is 11.0. The molecule has 0 radical (unpaired) electrons. The average molecular weight is 550 g/mol. The number of benzene rings is 1. The predicted octanol–water partition coefficient (Wildman–Crippen LogP) is 8.82. The van der Waals surface area contributed by atoms with Gasteiger partial charge in [0.15, 0.2) is 21.2 Å². The van der Waals surface area contributed by atoms with Crippen molar-refractivity contribution in [3.8, 4) is 0 Å². The van der Waals surface area contributed by atoms with Crippen molar-refractivity contribution in [3.05, 3.63) is 32.4 Å². The molecule has 0 aromatic heterocycles. The molecule has 1 N–H and O–H groups in total. The molecule has 1 rings (SSSR count). The second kappa shape index (κ2) is 19.2. The van der Waals surface area contributed by atoms with Crippen LogP contribution in [-0.4, -0.2) is 12.5 Å². The summed E-state index contributed by atoms with van der Waals surface area (Å²) >= 11 is 4.59. The Morgan fingerprint density at radius 3 is 1.73 bits per heavy atom.